The minimum absolute atomic E-state index is 0.0417. The summed E-state index contributed by atoms with van der Waals surface area (Å²) in [7, 11) is -3.81. The van der Waals surface area contributed by atoms with Gasteiger partial charge in [0.15, 0.2) is 0 Å². The number of carbonyl (C=O) groups excluding carboxylic acids is 1. The lowest BCUT2D eigenvalue weighted by Gasteiger charge is -2.30. The van der Waals surface area contributed by atoms with E-state index in [2.05, 4.69) is 10.3 Å². The van der Waals surface area contributed by atoms with Crippen LogP contribution in [-0.4, -0.2) is 36.7 Å². The van der Waals surface area contributed by atoms with E-state index in [9.17, 15) is 13.2 Å². The molecule has 2 heterocycles. The van der Waals surface area contributed by atoms with E-state index in [0.717, 1.165) is 18.4 Å². The fraction of sp³-hybridized carbons (Fsp3) is 0.280. The summed E-state index contributed by atoms with van der Waals surface area (Å²) in [6, 6.07) is 18.9. The van der Waals surface area contributed by atoms with Gasteiger partial charge in [0.2, 0.25) is 10.0 Å². The first-order chi connectivity index (χ1) is 15.9. The highest BCUT2D eigenvalue weighted by Gasteiger charge is 2.31. The number of nitrogens with zero attached hydrogens (tertiary/aromatic N) is 2. The Morgan fingerprint density at radius 1 is 1.12 bits per heavy atom. The summed E-state index contributed by atoms with van der Waals surface area (Å²) in [6.07, 6.45) is 3.47. The van der Waals surface area contributed by atoms with E-state index >= 15 is 0 Å². The van der Waals surface area contributed by atoms with Crippen LogP contribution in [0.4, 0.5) is 0 Å². The predicted octanol–water partition coefficient (Wildman–Crippen LogP) is 4.68. The van der Waals surface area contributed by atoms with Gasteiger partial charge < -0.3 is 5.32 Å². The van der Waals surface area contributed by atoms with E-state index in [-0.39, 0.29) is 21.4 Å². The van der Waals surface area contributed by atoms with Gasteiger partial charge in [-0.2, -0.15) is 4.31 Å². The van der Waals surface area contributed by atoms with E-state index in [1.54, 1.807) is 6.20 Å². The largest absolute Gasteiger partial charge is 0.340 e. The summed E-state index contributed by atoms with van der Waals surface area (Å²) in [4.78, 5) is 17.6. The number of amides is 1. The van der Waals surface area contributed by atoms with Gasteiger partial charge >= 0.3 is 0 Å². The molecule has 33 heavy (non-hydrogen) atoms. The molecule has 0 spiro atoms. The van der Waals surface area contributed by atoms with Gasteiger partial charge in [-0.15, -0.1) is 0 Å². The first-order valence-electron chi connectivity index (χ1n) is 10.9. The van der Waals surface area contributed by atoms with Gasteiger partial charge in [0.25, 0.3) is 5.91 Å². The third-order valence-corrected chi connectivity index (χ3v) is 8.17. The second-order valence-corrected chi connectivity index (χ2v) is 10.6. The summed E-state index contributed by atoms with van der Waals surface area (Å²) >= 11 is 6.29. The Morgan fingerprint density at radius 2 is 1.88 bits per heavy atom. The number of carbonyl (C=O) groups is 1. The number of pyridine rings is 1. The molecule has 1 aliphatic rings. The van der Waals surface area contributed by atoms with Crippen molar-refractivity contribution in [2.45, 2.75) is 30.7 Å². The van der Waals surface area contributed by atoms with Gasteiger partial charge in [0.1, 0.15) is 4.90 Å². The summed E-state index contributed by atoms with van der Waals surface area (Å²) in [5.74, 6) is -0.126. The molecule has 0 bridgehead atoms. The van der Waals surface area contributed by atoms with Gasteiger partial charge in [-0.05, 0) is 54.7 Å². The Morgan fingerprint density at radius 3 is 2.58 bits per heavy atom. The lowest BCUT2D eigenvalue weighted by atomic mass is 10.0. The average Bonchev–Trinajstić information content (AvgIpc) is 2.83. The SMILES string of the molecule is CC1CCCN(S(=O)(=O)c2cc(C(=O)NC(c3ccccc3)c3ccccn3)ccc2Cl)C1. The molecule has 2 unspecified atom stereocenters. The third-order valence-electron chi connectivity index (χ3n) is 5.82. The molecule has 1 N–H and O–H groups in total. The summed E-state index contributed by atoms with van der Waals surface area (Å²) < 4.78 is 28.0. The second kappa shape index (κ2) is 10.0. The van der Waals surface area contributed by atoms with Crippen LogP contribution in [0.15, 0.2) is 77.8 Å². The second-order valence-electron chi connectivity index (χ2n) is 8.33. The summed E-state index contributed by atoms with van der Waals surface area (Å²) in [5, 5.41) is 3.10. The van der Waals surface area contributed by atoms with E-state index in [4.69, 9.17) is 11.6 Å². The van der Waals surface area contributed by atoms with Crippen molar-refractivity contribution in [3.63, 3.8) is 0 Å². The number of hydrogen-bond donors (Lipinski definition) is 1. The Bertz CT molecular complexity index is 1180. The van der Waals surface area contributed by atoms with Gasteiger partial charge in [-0.3, -0.25) is 9.78 Å². The van der Waals surface area contributed by atoms with Crippen LogP contribution < -0.4 is 5.32 Å². The van der Waals surface area contributed by atoms with Gasteiger partial charge in [0.05, 0.1) is 16.8 Å². The lowest BCUT2D eigenvalue weighted by molar-refractivity contribution is 0.0942. The summed E-state index contributed by atoms with van der Waals surface area (Å²) in [6.45, 7) is 2.94. The van der Waals surface area contributed by atoms with Gasteiger partial charge in [-0.25, -0.2) is 8.42 Å². The Kier molecular flexibility index (Phi) is 7.12. The normalized spacial score (nSPS) is 17.9. The van der Waals surface area contributed by atoms with Crippen LogP contribution in [0.1, 0.15) is 47.4 Å². The number of sulfonamides is 1. The van der Waals surface area contributed by atoms with Crippen molar-refractivity contribution in [1.82, 2.24) is 14.6 Å². The van der Waals surface area contributed by atoms with Gasteiger partial charge in [-0.1, -0.05) is 54.9 Å². The van der Waals surface area contributed by atoms with Crippen molar-refractivity contribution >= 4 is 27.5 Å². The molecule has 8 heteroatoms. The van der Waals surface area contributed by atoms with Crippen LogP contribution in [0.25, 0.3) is 0 Å². The number of benzene rings is 2. The quantitative estimate of drug-likeness (QED) is 0.552. The van der Waals surface area contributed by atoms with Crippen LogP contribution in [0.3, 0.4) is 0 Å². The molecule has 1 fully saturated rings. The standard InChI is InChI=1S/C25H26ClN3O3S/c1-18-8-7-15-29(17-18)33(31,32)23-16-20(12-13-21(23)26)25(30)28-24(19-9-3-2-4-10-19)22-11-5-6-14-27-22/h2-6,9-14,16,18,24H,7-8,15,17H2,1H3,(H,28,30). The summed E-state index contributed by atoms with van der Waals surface area (Å²) in [5.41, 5.74) is 1.77. The molecular formula is C25H26ClN3O3S. The fourth-order valence-electron chi connectivity index (χ4n) is 4.08. The molecule has 0 radical (unpaired) electrons. The van der Waals surface area contributed by atoms with Crippen LogP contribution in [-0.2, 0) is 10.0 Å². The molecular weight excluding hydrogens is 458 g/mol. The third kappa shape index (κ3) is 5.27. The predicted molar refractivity (Wildman–Crippen MR) is 129 cm³/mol. The highest BCUT2D eigenvalue weighted by Crippen LogP contribution is 2.29. The zero-order chi connectivity index (χ0) is 23.4. The molecule has 1 saturated heterocycles. The average molecular weight is 484 g/mol. The maximum Gasteiger partial charge on any atom is 0.252 e. The maximum atomic E-state index is 13.3. The molecule has 1 amide bonds. The van der Waals surface area contributed by atoms with Crippen molar-refractivity contribution in [1.29, 1.82) is 0 Å². The van der Waals surface area contributed by atoms with E-state index in [1.807, 2.05) is 55.5 Å². The monoisotopic (exact) mass is 483 g/mol. The van der Waals surface area contributed by atoms with Crippen molar-refractivity contribution in [3.8, 4) is 0 Å². The maximum absolute atomic E-state index is 13.3. The van der Waals surface area contributed by atoms with Crippen LogP contribution >= 0.6 is 11.6 Å². The van der Waals surface area contributed by atoms with Crippen molar-refractivity contribution in [3.05, 3.63) is 94.8 Å². The van der Waals surface area contributed by atoms with Crippen LogP contribution in [0.5, 0.6) is 0 Å². The lowest BCUT2D eigenvalue weighted by Crippen LogP contribution is -2.39. The fourth-order valence-corrected chi connectivity index (χ4v) is 6.18. The van der Waals surface area contributed by atoms with Crippen molar-refractivity contribution < 1.29 is 13.2 Å². The molecule has 0 saturated carbocycles. The minimum atomic E-state index is -3.81. The Balaban J connectivity index is 1.64. The molecule has 6 nitrogen and oxygen atoms in total. The first kappa shape index (κ1) is 23.4. The minimum Gasteiger partial charge on any atom is -0.340 e. The van der Waals surface area contributed by atoms with Crippen molar-refractivity contribution in [2.24, 2.45) is 5.92 Å². The number of piperidine rings is 1. The number of nitrogens with one attached hydrogen (secondary N) is 1. The first-order valence-corrected chi connectivity index (χ1v) is 12.7. The molecule has 2 aromatic carbocycles. The molecule has 1 aromatic heterocycles. The van der Waals surface area contributed by atoms with E-state index in [1.165, 1.54) is 22.5 Å². The highest BCUT2D eigenvalue weighted by atomic mass is 35.5. The van der Waals surface area contributed by atoms with Crippen LogP contribution in [0, 0.1) is 5.92 Å². The Hall–Kier alpha value is -2.74. The molecule has 3 aromatic rings. The molecule has 172 valence electrons. The number of aromatic nitrogens is 1. The zero-order valence-electron chi connectivity index (χ0n) is 18.3. The van der Waals surface area contributed by atoms with Crippen molar-refractivity contribution in [2.75, 3.05) is 13.1 Å². The van der Waals surface area contributed by atoms with E-state index < -0.39 is 22.0 Å². The smallest absolute Gasteiger partial charge is 0.252 e. The molecule has 1 aliphatic heterocycles. The zero-order valence-corrected chi connectivity index (χ0v) is 19.9. The highest BCUT2D eigenvalue weighted by molar-refractivity contribution is 7.89. The molecule has 2 atom stereocenters. The number of hydrogen-bond acceptors (Lipinski definition) is 4. The molecule has 0 aliphatic carbocycles. The number of halogens is 1. The van der Waals surface area contributed by atoms with E-state index in [0.29, 0.717) is 18.8 Å². The number of rotatable bonds is 6. The Labute approximate surface area is 199 Å². The van der Waals surface area contributed by atoms with Crippen LogP contribution in [0.2, 0.25) is 5.02 Å². The topological polar surface area (TPSA) is 79.4 Å². The molecule has 4 rings (SSSR count). The van der Waals surface area contributed by atoms with Gasteiger partial charge in [0, 0.05) is 24.8 Å².